The van der Waals surface area contributed by atoms with Crippen LogP contribution in [0.2, 0.25) is 0 Å². The highest BCUT2D eigenvalue weighted by molar-refractivity contribution is 5.93. The molecule has 1 atom stereocenters. The molecule has 2 heterocycles. The van der Waals surface area contributed by atoms with Gasteiger partial charge in [-0.05, 0) is 13.3 Å². The van der Waals surface area contributed by atoms with E-state index in [-0.39, 0.29) is 13.0 Å². The molecule has 0 aliphatic carbocycles. The summed E-state index contributed by atoms with van der Waals surface area (Å²) in [6.45, 7) is 1.97. The lowest BCUT2D eigenvalue weighted by Gasteiger charge is -2.32. The number of hydrogen-bond donors (Lipinski definition) is 1. The van der Waals surface area contributed by atoms with Gasteiger partial charge in [-0.1, -0.05) is 0 Å². The number of nitrogens with one attached hydrogen (secondary N) is 1. The minimum Gasteiger partial charge on any atom is -0.465 e. The molecule has 7 heteroatoms. The van der Waals surface area contributed by atoms with Gasteiger partial charge in [-0.2, -0.15) is 0 Å². The van der Waals surface area contributed by atoms with Crippen LogP contribution in [0.3, 0.4) is 0 Å². The summed E-state index contributed by atoms with van der Waals surface area (Å²) < 4.78 is 14.8. The topological polar surface area (TPSA) is 90.9 Å². The Morgan fingerprint density at radius 2 is 2.12 bits per heavy atom. The molecule has 0 aromatic rings. The van der Waals surface area contributed by atoms with Gasteiger partial charge in [-0.3, -0.25) is 14.4 Å². The first kappa shape index (κ1) is 11.8. The summed E-state index contributed by atoms with van der Waals surface area (Å²) in [5.41, 5.74) is 0. The smallest absolute Gasteiger partial charge is 0.323 e. The van der Waals surface area contributed by atoms with Crippen LogP contribution in [0.1, 0.15) is 26.2 Å². The lowest BCUT2D eigenvalue weighted by atomic mass is 10.2. The van der Waals surface area contributed by atoms with Crippen molar-refractivity contribution in [1.29, 1.82) is 0 Å². The van der Waals surface area contributed by atoms with Gasteiger partial charge in [0.1, 0.15) is 12.5 Å². The van der Waals surface area contributed by atoms with Gasteiger partial charge in [-0.25, -0.2) is 5.32 Å². The molecule has 0 aromatic carbocycles. The Kier molecular flexibility index (Phi) is 3.01. The van der Waals surface area contributed by atoms with Crippen molar-refractivity contribution >= 4 is 17.9 Å². The molecule has 0 bridgehead atoms. The van der Waals surface area contributed by atoms with Gasteiger partial charge in [-0.15, -0.1) is 0 Å². The molecular formula is C10H13NO6. The SMILES string of the molecule is CCOC(=O)[C@@H]1CCC2(N1)OC(=O)CC(=O)O2. The fourth-order valence-corrected chi connectivity index (χ4v) is 1.90. The molecule has 0 aromatic heterocycles. The summed E-state index contributed by atoms with van der Waals surface area (Å²) >= 11 is 0. The molecule has 0 radical (unpaired) electrons. The minimum atomic E-state index is -1.48. The second kappa shape index (κ2) is 4.33. The molecule has 0 unspecified atom stereocenters. The molecule has 2 saturated heterocycles. The van der Waals surface area contributed by atoms with Gasteiger partial charge in [0.25, 0.3) is 0 Å². The molecule has 7 nitrogen and oxygen atoms in total. The van der Waals surface area contributed by atoms with Crippen molar-refractivity contribution in [3.8, 4) is 0 Å². The summed E-state index contributed by atoms with van der Waals surface area (Å²) in [5.74, 6) is -3.23. The summed E-state index contributed by atoms with van der Waals surface area (Å²) in [6.07, 6.45) is 0.237. The van der Waals surface area contributed by atoms with Crippen molar-refractivity contribution in [3.63, 3.8) is 0 Å². The van der Waals surface area contributed by atoms with Crippen LogP contribution >= 0.6 is 0 Å². The number of esters is 3. The fraction of sp³-hybridized carbons (Fsp3) is 0.700. The maximum Gasteiger partial charge on any atom is 0.323 e. The molecule has 94 valence electrons. The quantitative estimate of drug-likeness (QED) is 0.513. The molecule has 2 rings (SSSR count). The summed E-state index contributed by atoms with van der Waals surface area (Å²) in [5, 5.41) is 2.69. The van der Waals surface area contributed by atoms with Crippen LogP contribution in [-0.4, -0.2) is 36.5 Å². The first-order valence-electron chi connectivity index (χ1n) is 5.43. The number of ether oxygens (including phenoxy) is 3. The molecule has 0 saturated carbocycles. The zero-order chi connectivity index (χ0) is 12.5. The fourth-order valence-electron chi connectivity index (χ4n) is 1.90. The highest BCUT2D eigenvalue weighted by Crippen LogP contribution is 2.30. The third-order valence-electron chi connectivity index (χ3n) is 2.57. The normalized spacial score (nSPS) is 26.5. The molecule has 0 amide bonds. The summed E-state index contributed by atoms with van der Waals surface area (Å²) in [6, 6.07) is -0.617. The van der Waals surface area contributed by atoms with E-state index < -0.39 is 36.3 Å². The van der Waals surface area contributed by atoms with Crippen LogP contribution in [0, 0.1) is 0 Å². The van der Waals surface area contributed by atoms with E-state index in [1.807, 2.05) is 0 Å². The van der Waals surface area contributed by atoms with E-state index in [0.717, 1.165) is 0 Å². The first-order valence-corrected chi connectivity index (χ1v) is 5.43. The second-order valence-corrected chi connectivity index (χ2v) is 3.87. The number of carbonyl (C=O) groups is 3. The predicted molar refractivity (Wildman–Crippen MR) is 52.3 cm³/mol. The van der Waals surface area contributed by atoms with Crippen molar-refractivity contribution in [2.75, 3.05) is 6.61 Å². The van der Waals surface area contributed by atoms with E-state index in [1.165, 1.54) is 0 Å². The second-order valence-electron chi connectivity index (χ2n) is 3.87. The Morgan fingerprint density at radius 1 is 1.47 bits per heavy atom. The van der Waals surface area contributed by atoms with E-state index in [0.29, 0.717) is 6.42 Å². The number of hydrogen-bond acceptors (Lipinski definition) is 7. The standard InChI is InChI=1S/C10H13NO6/c1-2-15-9(14)6-3-4-10(11-6)16-7(12)5-8(13)17-10/h6,11H,2-5H2,1H3/t6-/m0/s1. The van der Waals surface area contributed by atoms with Gasteiger partial charge in [0.2, 0.25) is 0 Å². The summed E-state index contributed by atoms with van der Waals surface area (Å²) in [4.78, 5) is 33.8. The van der Waals surface area contributed by atoms with Crippen molar-refractivity contribution < 1.29 is 28.6 Å². The largest absolute Gasteiger partial charge is 0.465 e. The third kappa shape index (κ3) is 2.38. The van der Waals surface area contributed by atoms with E-state index in [9.17, 15) is 14.4 Å². The van der Waals surface area contributed by atoms with Crippen LogP contribution in [-0.2, 0) is 28.6 Å². The van der Waals surface area contributed by atoms with Crippen LogP contribution in [0.5, 0.6) is 0 Å². The Hall–Kier alpha value is -1.63. The lowest BCUT2D eigenvalue weighted by Crippen LogP contribution is -2.55. The Labute approximate surface area is 97.4 Å². The molecule has 1 N–H and O–H groups in total. The van der Waals surface area contributed by atoms with Crippen molar-refractivity contribution in [2.24, 2.45) is 0 Å². The van der Waals surface area contributed by atoms with Crippen molar-refractivity contribution in [3.05, 3.63) is 0 Å². The van der Waals surface area contributed by atoms with Gasteiger partial charge in [0, 0.05) is 6.42 Å². The number of rotatable bonds is 2. The maximum atomic E-state index is 11.5. The molecular weight excluding hydrogens is 230 g/mol. The zero-order valence-corrected chi connectivity index (χ0v) is 9.36. The highest BCUT2D eigenvalue weighted by atomic mass is 16.8. The van der Waals surface area contributed by atoms with Gasteiger partial charge < -0.3 is 14.2 Å². The van der Waals surface area contributed by atoms with Crippen LogP contribution in [0.25, 0.3) is 0 Å². The Bertz CT molecular complexity index is 350. The minimum absolute atomic E-state index is 0.244. The highest BCUT2D eigenvalue weighted by Gasteiger charge is 2.51. The van der Waals surface area contributed by atoms with Gasteiger partial charge >= 0.3 is 23.8 Å². The van der Waals surface area contributed by atoms with Gasteiger partial charge in [0.05, 0.1) is 6.61 Å². The first-order chi connectivity index (χ1) is 8.04. The van der Waals surface area contributed by atoms with Crippen LogP contribution in [0.4, 0.5) is 0 Å². The Balaban J connectivity index is 2.02. The average molecular weight is 243 g/mol. The zero-order valence-electron chi connectivity index (χ0n) is 9.36. The molecule has 2 aliphatic heterocycles. The van der Waals surface area contributed by atoms with Crippen molar-refractivity contribution in [2.45, 2.75) is 38.1 Å². The van der Waals surface area contributed by atoms with E-state index in [2.05, 4.69) is 5.32 Å². The van der Waals surface area contributed by atoms with Gasteiger partial charge in [0.15, 0.2) is 0 Å². The molecule has 17 heavy (non-hydrogen) atoms. The van der Waals surface area contributed by atoms with Crippen LogP contribution in [0.15, 0.2) is 0 Å². The average Bonchev–Trinajstić information content (AvgIpc) is 2.60. The predicted octanol–water partition coefficient (Wildman–Crippen LogP) is -0.555. The van der Waals surface area contributed by atoms with E-state index >= 15 is 0 Å². The molecule has 1 spiro atoms. The Morgan fingerprint density at radius 3 is 2.71 bits per heavy atom. The molecule has 2 aliphatic rings. The third-order valence-corrected chi connectivity index (χ3v) is 2.57. The maximum absolute atomic E-state index is 11.5. The summed E-state index contributed by atoms with van der Waals surface area (Å²) in [7, 11) is 0. The molecule has 2 fully saturated rings. The van der Waals surface area contributed by atoms with Crippen LogP contribution < -0.4 is 5.32 Å². The monoisotopic (exact) mass is 243 g/mol. The number of carbonyl (C=O) groups excluding carboxylic acids is 3. The van der Waals surface area contributed by atoms with E-state index in [1.54, 1.807) is 6.92 Å². The lowest BCUT2D eigenvalue weighted by molar-refractivity contribution is -0.250. The van der Waals surface area contributed by atoms with E-state index in [4.69, 9.17) is 14.2 Å². The van der Waals surface area contributed by atoms with Crippen molar-refractivity contribution in [1.82, 2.24) is 5.32 Å².